The van der Waals surface area contributed by atoms with Gasteiger partial charge in [0.05, 0.1) is 7.11 Å². The number of benzene rings is 2. The Morgan fingerprint density at radius 2 is 1.78 bits per heavy atom. The summed E-state index contributed by atoms with van der Waals surface area (Å²) < 4.78 is 0. The summed E-state index contributed by atoms with van der Waals surface area (Å²) in [5.74, 6) is 0.462. The number of hydrogen-bond donors (Lipinski definition) is 0. The molecule has 0 aliphatic carbocycles. The van der Waals surface area contributed by atoms with E-state index in [2.05, 4.69) is 69.0 Å². The molecule has 2 unspecified atom stereocenters. The van der Waals surface area contributed by atoms with Gasteiger partial charge in [-0.1, -0.05) is 67.1 Å². The highest BCUT2D eigenvalue weighted by Crippen LogP contribution is 2.24. The van der Waals surface area contributed by atoms with E-state index >= 15 is 0 Å². The second-order valence-corrected chi connectivity index (χ2v) is 6.10. The molecule has 23 heavy (non-hydrogen) atoms. The first-order valence-electron chi connectivity index (χ1n) is 8.08. The molecule has 0 radical (unpaired) electrons. The van der Waals surface area contributed by atoms with Crippen LogP contribution in [0.2, 0.25) is 0 Å². The second kappa shape index (κ2) is 8.66. The lowest BCUT2D eigenvalue weighted by Gasteiger charge is -2.17. The molecule has 2 atom stereocenters. The summed E-state index contributed by atoms with van der Waals surface area (Å²) >= 11 is 0. The molecule has 0 saturated heterocycles. The zero-order chi connectivity index (χ0) is 16.7. The van der Waals surface area contributed by atoms with Gasteiger partial charge in [0, 0.05) is 6.42 Å². The van der Waals surface area contributed by atoms with Gasteiger partial charge in [0.1, 0.15) is 6.10 Å². The summed E-state index contributed by atoms with van der Waals surface area (Å²) in [6.07, 6.45) is 3.65. The van der Waals surface area contributed by atoms with Crippen LogP contribution >= 0.6 is 0 Å². The summed E-state index contributed by atoms with van der Waals surface area (Å²) in [7, 11) is 1.56. The van der Waals surface area contributed by atoms with Crippen LogP contribution in [-0.2, 0) is 22.6 Å². The van der Waals surface area contributed by atoms with E-state index in [1.165, 1.54) is 16.7 Å². The molecule has 2 aromatic rings. The lowest BCUT2D eigenvalue weighted by Crippen LogP contribution is -2.08. The molecule has 2 aromatic carbocycles. The van der Waals surface area contributed by atoms with E-state index in [1.807, 2.05) is 6.08 Å². The Bertz CT molecular complexity index is 616. The highest BCUT2D eigenvalue weighted by atomic mass is 17.2. The molecule has 2 heteroatoms. The summed E-state index contributed by atoms with van der Waals surface area (Å²) in [6.45, 7) is 8.13. The van der Waals surface area contributed by atoms with E-state index in [4.69, 9.17) is 9.78 Å². The Labute approximate surface area is 139 Å². The van der Waals surface area contributed by atoms with Gasteiger partial charge >= 0.3 is 0 Å². The topological polar surface area (TPSA) is 18.5 Å². The van der Waals surface area contributed by atoms with E-state index < -0.39 is 0 Å². The third-order valence-electron chi connectivity index (χ3n) is 4.04. The molecule has 0 spiro atoms. The molecule has 2 nitrogen and oxygen atoms in total. The first kappa shape index (κ1) is 17.5. The third kappa shape index (κ3) is 5.34. The first-order valence-corrected chi connectivity index (χ1v) is 8.08. The maximum atomic E-state index is 5.53. The predicted molar refractivity (Wildman–Crippen MR) is 95.2 cm³/mol. The van der Waals surface area contributed by atoms with Crippen molar-refractivity contribution in [2.24, 2.45) is 5.92 Å². The van der Waals surface area contributed by atoms with Gasteiger partial charge in [0.25, 0.3) is 0 Å². The minimum atomic E-state index is -0.110. The Hall–Kier alpha value is -1.90. The van der Waals surface area contributed by atoms with Crippen molar-refractivity contribution in [2.75, 3.05) is 7.11 Å². The van der Waals surface area contributed by atoms with Gasteiger partial charge in [-0.15, -0.1) is 6.58 Å². The molecule has 0 N–H and O–H groups in total. The quantitative estimate of drug-likeness (QED) is 0.378. The largest absolute Gasteiger partial charge is 0.239 e. The van der Waals surface area contributed by atoms with Crippen LogP contribution in [-0.4, -0.2) is 7.11 Å². The fourth-order valence-corrected chi connectivity index (χ4v) is 2.64. The Morgan fingerprint density at radius 3 is 2.43 bits per heavy atom. The van der Waals surface area contributed by atoms with Gasteiger partial charge in [0.2, 0.25) is 0 Å². The maximum absolute atomic E-state index is 5.53. The van der Waals surface area contributed by atoms with Gasteiger partial charge in [-0.2, -0.15) is 0 Å². The zero-order valence-corrected chi connectivity index (χ0v) is 14.3. The van der Waals surface area contributed by atoms with E-state index in [0.29, 0.717) is 5.92 Å². The maximum Gasteiger partial charge on any atom is 0.122 e. The van der Waals surface area contributed by atoms with Crippen LogP contribution in [0.15, 0.2) is 61.2 Å². The molecule has 2 rings (SSSR count). The Morgan fingerprint density at radius 1 is 1.04 bits per heavy atom. The standard InChI is InChI=1S/C21H26O2/c1-5-16(2)13-19-7-6-8-20(14-19)21(23-22-4)15-18-11-9-17(3)10-12-18/h5-12,14,16,21H,1,13,15H2,2-4H3. The van der Waals surface area contributed by atoms with Gasteiger partial charge < -0.3 is 0 Å². The second-order valence-electron chi connectivity index (χ2n) is 6.10. The van der Waals surface area contributed by atoms with Crippen molar-refractivity contribution in [3.63, 3.8) is 0 Å². The highest BCUT2D eigenvalue weighted by Gasteiger charge is 2.15. The van der Waals surface area contributed by atoms with E-state index in [1.54, 1.807) is 7.11 Å². The molecule has 0 amide bonds. The molecule has 122 valence electrons. The fraction of sp³-hybridized carbons (Fsp3) is 0.333. The molecular formula is C21H26O2. The summed E-state index contributed by atoms with van der Waals surface area (Å²) in [5.41, 5.74) is 4.94. The van der Waals surface area contributed by atoms with Crippen LogP contribution in [0.5, 0.6) is 0 Å². The van der Waals surface area contributed by atoms with Crippen molar-refractivity contribution in [3.8, 4) is 0 Å². The van der Waals surface area contributed by atoms with Crippen LogP contribution in [0.4, 0.5) is 0 Å². The number of hydrogen-bond acceptors (Lipinski definition) is 2. The van der Waals surface area contributed by atoms with Crippen LogP contribution in [0.25, 0.3) is 0 Å². The fourth-order valence-electron chi connectivity index (χ4n) is 2.64. The molecule has 0 aromatic heterocycles. The zero-order valence-electron chi connectivity index (χ0n) is 14.3. The highest BCUT2D eigenvalue weighted by molar-refractivity contribution is 5.29. The molecule has 0 bridgehead atoms. The average molecular weight is 310 g/mol. The smallest absolute Gasteiger partial charge is 0.122 e. The van der Waals surface area contributed by atoms with Crippen molar-refractivity contribution in [1.82, 2.24) is 0 Å². The summed E-state index contributed by atoms with van der Waals surface area (Å²) in [6, 6.07) is 17.1. The Kier molecular flexibility index (Phi) is 6.57. The lowest BCUT2D eigenvalue weighted by molar-refractivity contribution is -0.307. The van der Waals surface area contributed by atoms with Gasteiger partial charge in [-0.05, 0) is 36.0 Å². The van der Waals surface area contributed by atoms with Crippen LogP contribution in [0.1, 0.15) is 35.3 Å². The number of rotatable bonds is 8. The SMILES string of the molecule is C=CC(C)Cc1cccc(C(Cc2ccc(C)cc2)OOC)c1. The number of allylic oxidation sites excluding steroid dienone is 1. The third-order valence-corrected chi connectivity index (χ3v) is 4.04. The van der Waals surface area contributed by atoms with Crippen molar-refractivity contribution in [2.45, 2.75) is 32.8 Å². The lowest BCUT2D eigenvalue weighted by atomic mass is 9.95. The molecule has 0 fully saturated rings. The normalized spacial score (nSPS) is 13.5. The monoisotopic (exact) mass is 310 g/mol. The molecular weight excluding hydrogens is 284 g/mol. The molecule has 0 saturated carbocycles. The van der Waals surface area contributed by atoms with Gasteiger partial charge in [-0.3, -0.25) is 0 Å². The van der Waals surface area contributed by atoms with Gasteiger partial charge in [0.15, 0.2) is 0 Å². The Balaban J connectivity index is 2.17. The van der Waals surface area contributed by atoms with Crippen molar-refractivity contribution < 1.29 is 9.78 Å². The van der Waals surface area contributed by atoms with E-state index in [0.717, 1.165) is 18.4 Å². The first-order chi connectivity index (χ1) is 11.1. The molecule has 0 heterocycles. The van der Waals surface area contributed by atoms with Crippen molar-refractivity contribution in [1.29, 1.82) is 0 Å². The average Bonchev–Trinajstić information content (AvgIpc) is 2.56. The number of aryl methyl sites for hydroxylation is 1. The minimum Gasteiger partial charge on any atom is -0.239 e. The van der Waals surface area contributed by atoms with Crippen LogP contribution in [0.3, 0.4) is 0 Å². The summed E-state index contributed by atoms with van der Waals surface area (Å²) in [5, 5.41) is 0. The van der Waals surface area contributed by atoms with Crippen molar-refractivity contribution in [3.05, 3.63) is 83.4 Å². The molecule has 0 aliphatic heterocycles. The van der Waals surface area contributed by atoms with Crippen LogP contribution < -0.4 is 0 Å². The van der Waals surface area contributed by atoms with E-state index in [-0.39, 0.29) is 6.10 Å². The predicted octanol–water partition coefficient (Wildman–Crippen LogP) is 5.22. The van der Waals surface area contributed by atoms with Crippen LogP contribution in [0, 0.1) is 12.8 Å². The summed E-state index contributed by atoms with van der Waals surface area (Å²) in [4.78, 5) is 10.5. The van der Waals surface area contributed by atoms with E-state index in [9.17, 15) is 0 Å². The minimum absolute atomic E-state index is 0.110. The van der Waals surface area contributed by atoms with Gasteiger partial charge in [-0.25, -0.2) is 9.78 Å². The van der Waals surface area contributed by atoms with Crippen molar-refractivity contribution >= 4 is 0 Å². The molecule has 0 aliphatic rings.